The van der Waals surface area contributed by atoms with Gasteiger partial charge in [0.25, 0.3) is 0 Å². The lowest BCUT2D eigenvalue weighted by molar-refractivity contribution is -0.142. The molecule has 31 heavy (non-hydrogen) atoms. The Morgan fingerprint density at radius 1 is 1.13 bits per heavy atom. The second-order valence-electron chi connectivity index (χ2n) is 7.92. The lowest BCUT2D eigenvalue weighted by atomic mass is 9.66. The molecule has 3 aliphatic rings. The van der Waals surface area contributed by atoms with Crippen molar-refractivity contribution in [1.82, 2.24) is 5.32 Å². The average molecular weight is 429 g/mol. The third-order valence-electron chi connectivity index (χ3n) is 6.45. The van der Waals surface area contributed by atoms with Crippen LogP contribution in [0.1, 0.15) is 36.3 Å². The van der Waals surface area contributed by atoms with Crippen LogP contribution in [0.15, 0.2) is 24.3 Å². The van der Waals surface area contributed by atoms with Crippen molar-refractivity contribution >= 4 is 5.78 Å². The summed E-state index contributed by atoms with van der Waals surface area (Å²) < 4.78 is 22.8. The van der Waals surface area contributed by atoms with Crippen LogP contribution in [0.5, 0.6) is 34.5 Å². The van der Waals surface area contributed by atoms with Gasteiger partial charge >= 0.3 is 0 Å². The quantitative estimate of drug-likeness (QED) is 0.498. The van der Waals surface area contributed by atoms with Gasteiger partial charge in [-0.1, -0.05) is 0 Å². The highest BCUT2D eigenvalue weighted by Gasteiger charge is 2.55. The Morgan fingerprint density at radius 3 is 2.58 bits per heavy atom. The Balaban J connectivity index is 1.77. The number of Topliss-reactive ketones (excluding diaryl/α,β-unsaturated/α-hetero) is 1. The van der Waals surface area contributed by atoms with Crippen LogP contribution >= 0.6 is 0 Å². The second kappa shape index (κ2) is 7.21. The first-order valence-electron chi connectivity index (χ1n) is 10.1. The topological polar surface area (TPSA) is 116 Å². The first-order chi connectivity index (χ1) is 15.0. The van der Waals surface area contributed by atoms with E-state index in [-0.39, 0.29) is 29.8 Å². The number of methoxy groups -OCH3 is 1. The van der Waals surface area contributed by atoms with E-state index >= 15 is 0 Å². The summed E-state index contributed by atoms with van der Waals surface area (Å²) >= 11 is 0. The zero-order chi connectivity index (χ0) is 21.8. The number of nitrogens with one attached hydrogen (secondary N) is 1. The number of benzene rings is 2. The van der Waals surface area contributed by atoms with Crippen LogP contribution in [0.3, 0.4) is 0 Å². The molecular weight excluding hydrogens is 406 g/mol. The van der Waals surface area contributed by atoms with Crippen molar-refractivity contribution in [3.8, 4) is 34.5 Å². The molecule has 9 nitrogen and oxygen atoms in total. The van der Waals surface area contributed by atoms with Crippen molar-refractivity contribution in [2.75, 3.05) is 21.0 Å². The van der Waals surface area contributed by atoms with Gasteiger partial charge in [-0.25, -0.2) is 5.26 Å². The normalized spacial score (nSPS) is 26.0. The van der Waals surface area contributed by atoms with Gasteiger partial charge in [0.2, 0.25) is 18.3 Å². The summed E-state index contributed by atoms with van der Waals surface area (Å²) in [4.78, 5) is 17.6. The molecule has 164 valence electrons. The second-order valence-corrected chi connectivity index (χ2v) is 7.92. The third-order valence-corrected chi connectivity index (χ3v) is 6.45. The smallest absolute Gasteiger partial charge is 0.231 e. The van der Waals surface area contributed by atoms with Gasteiger partial charge in [-0.3, -0.25) is 10.1 Å². The number of hydrogen-bond donors (Lipinski definition) is 3. The Morgan fingerprint density at radius 2 is 1.87 bits per heavy atom. The van der Waals surface area contributed by atoms with E-state index in [1.54, 1.807) is 19.2 Å². The number of aromatic hydroxyl groups is 1. The zero-order valence-electron chi connectivity index (χ0n) is 17.1. The fraction of sp³-hybridized carbons (Fsp3) is 0.409. The predicted molar refractivity (Wildman–Crippen MR) is 107 cm³/mol. The van der Waals surface area contributed by atoms with Crippen molar-refractivity contribution in [1.29, 1.82) is 0 Å². The van der Waals surface area contributed by atoms with E-state index in [2.05, 4.69) is 10.2 Å². The van der Waals surface area contributed by atoms with Crippen LogP contribution < -0.4 is 29.2 Å². The lowest BCUT2D eigenvalue weighted by Crippen LogP contribution is -2.62. The number of phenolic OH excluding ortho intramolecular Hbond substituents is 1. The summed E-state index contributed by atoms with van der Waals surface area (Å²) in [6, 6.07) is 6.75. The molecule has 1 fully saturated rings. The van der Waals surface area contributed by atoms with E-state index in [4.69, 9.17) is 18.9 Å². The van der Waals surface area contributed by atoms with Gasteiger partial charge in [-0.15, -0.1) is 0 Å². The van der Waals surface area contributed by atoms with E-state index < -0.39 is 17.6 Å². The number of ether oxygens (including phenoxy) is 4. The van der Waals surface area contributed by atoms with Gasteiger partial charge in [-0.05, 0) is 37.2 Å². The minimum atomic E-state index is -0.911. The molecule has 0 amide bonds. The molecule has 0 radical (unpaired) electrons. The highest BCUT2D eigenvalue weighted by molar-refractivity contribution is 5.86. The first kappa shape index (κ1) is 19.8. The van der Waals surface area contributed by atoms with Crippen LogP contribution in [-0.4, -0.2) is 42.8 Å². The largest absolute Gasteiger partial charge is 0.502 e. The Kier molecular flexibility index (Phi) is 4.60. The van der Waals surface area contributed by atoms with Crippen LogP contribution in [0.2, 0.25) is 0 Å². The van der Waals surface area contributed by atoms with Gasteiger partial charge in [0.1, 0.15) is 11.5 Å². The van der Waals surface area contributed by atoms with E-state index in [1.165, 1.54) is 13.2 Å². The fourth-order valence-electron chi connectivity index (χ4n) is 5.02. The number of rotatable bonds is 4. The van der Waals surface area contributed by atoms with Gasteiger partial charge in [0.05, 0.1) is 13.0 Å². The van der Waals surface area contributed by atoms with Gasteiger partial charge < -0.3 is 28.9 Å². The number of fused-ring (bicyclic) bond motifs is 3. The number of hydrogen-bond acceptors (Lipinski definition) is 9. The summed E-state index contributed by atoms with van der Waals surface area (Å²) in [5.41, 5.74) is 0.459. The van der Waals surface area contributed by atoms with Crippen LogP contribution in [0.25, 0.3) is 0 Å². The van der Waals surface area contributed by atoms with Gasteiger partial charge in [0, 0.05) is 30.4 Å². The van der Waals surface area contributed by atoms with Crippen molar-refractivity contribution in [3.05, 3.63) is 35.4 Å². The Labute approximate surface area is 178 Å². The first-order valence-corrected chi connectivity index (χ1v) is 10.1. The van der Waals surface area contributed by atoms with Crippen molar-refractivity contribution in [3.63, 3.8) is 0 Å². The highest BCUT2D eigenvalue weighted by Crippen LogP contribution is 2.55. The minimum Gasteiger partial charge on any atom is -0.502 e. The SMILES string of the molecule is CNC12CCCC(=O)C1C(c1cc(OC)c(O)c(OO)c1)c1cc3c(cc1O2)OCO3. The minimum absolute atomic E-state index is 0.0624. The molecule has 0 saturated heterocycles. The van der Waals surface area contributed by atoms with Crippen LogP contribution in [-0.2, 0) is 4.79 Å². The van der Waals surface area contributed by atoms with Crippen LogP contribution in [0, 0.1) is 5.92 Å². The lowest BCUT2D eigenvalue weighted by Gasteiger charge is -2.50. The third kappa shape index (κ3) is 2.88. The summed E-state index contributed by atoms with van der Waals surface area (Å²) in [6.45, 7) is 0.109. The van der Waals surface area contributed by atoms with Crippen molar-refractivity contribution in [2.45, 2.75) is 30.9 Å². The number of phenols is 1. The van der Waals surface area contributed by atoms with E-state index in [9.17, 15) is 15.2 Å². The number of carbonyl (C=O) groups is 1. The van der Waals surface area contributed by atoms with Crippen LogP contribution in [0.4, 0.5) is 0 Å². The maximum Gasteiger partial charge on any atom is 0.231 e. The average Bonchev–Trinajstić information content (AvgIpc) is 3.24. The van der Waals surface area contributed by atoms with E-state index in [0.717, 1.165) is 5.56 Å². The Hall–Kier alpha value is -3.17. The standard InChI is InChI=1S/C22H23NO8/c1-23-22-5-3-4-13(24)20(22)19(11-6-17(27-2)21(25)18(7-11)31-26)12-8-15-16(29-10-28-15)9-14(12)30-22/h6-9,19-20,23,25-26H,3-5,10H2,1-2H3. The molecule has 2 aromatic rings. The molecule has 0 spiro atoms. The van der Waals surface area contributed by atoms with Gasteiger partial charge in [-0.2, -0.15) is 0 Å². The van der Waals surface area contributed by atoms with Gasteiger partial charge in [0.15, 0.2) is 23.0 Å². The number of ketones is 1. The molecule has 1 aliphatic carbocycles. The summed E-state index contributed by atoms with van der Waals surface area (Å²) in [7, 11) is 3.18. The molecule has 0 bridgehead atoms. The fourth-order valence-corrected chi connectivity index (χ4v) is 5.02. The number of carbonyl (C=O) groups excluding carboxylic acids is 1. The molecule has 3 N–H and O–H groups in total. The molecule has 2 aromatic carbocycles. The molecule has 1 saturated carbocycles. The molecule has 3 atom stereocenters. The molecule has 2 aliphatic heterocycles. The molecule has 9 heteroatoms. The Bertz CT molecular complexity index is 1030. The highest BCUT2D eigenvalue weighted by atomic mass is 17.1. The molecule has 0 aromatic heterocycles. The monoisotopic (exact) mass is 429 g/mol. The van der Waals surface area contributed by atoms with E-state index in [1.807, 2.05) is 6.07 Å². The molecule has 5 rings (SSSR count). The predicted octanol–water partition coefficient (Wildman–Crippen LogP) is 2.79. The maximum atomic E-state index is 13.3. The summed E-state index contributed by atoms with van der Waals surface area (Å²) in [5.74, 6) is 0.378. The summed E-state index contributed by atoms with van der Waals surface area (Å²) in [5, 5.41) is 22.8. The molecule has 3 unspecified atom stereocenters. The molecule has 2 heterocycles. The zero-order valence-corrected chi connectivity index (χ0v) is 17.1. The molecular formula is C22H23NO8. The van der Waals surface area contributed by atoms with Crippen molar-refractivity contribution < 1.29 is 39.0 Å². The maximum absolute atomic E-state index is 13.3. The summed E-state index contributed by atoms with van der Waals surface area (Å²) in [6.07, 6.45) is 1.78. The van der Waals surface area contributed by atoms with E-state index in [0.29, 0.717) is 42.1 Å². The van der Waals surface area contributed by atoms with Crippen molar-refractivity contribution in [2.24, 2.45) is 5.92 Å².